The summed E-state index contributed by atoms with van der Waals surface area (Å²) in [6.07, 6.45) is 5.80. The number of hydrogen-bond acceptors (Lipinski definition) is 6. The zero-order chi connectivity index (χ0) is 25.7. The number of amides is 2. The van der Waals surface area contributed by atoms with E-state index in [4.69, 9.17) is 16.0 Å². The van der Waals surface area contributed by atoms with Crippen LogP contribution in [-0.4, -0.2) is 83.0 Å². The van der Waals surface area contributed by atoms with Crippen LogP contribution in [0.4, 0.5) is 9.59 Å². The van der Waals surface area contributed by atoms with E-state index < -0.39 is 11.2 Å². The van der Waals surface area contributed by atoms with Crippen molar-refractivity contribution in [3.63, 3.8) is 0 Å². The van der Waals surface area contributed by atoms with Crippen LogP contribution < -0.4 is 0 Å². The van der Waals surface area contributed by atoms with Gasteiger partial charge in [-0.05, 0) is 80.1 Å². The summed E-state index contributed by atoms with van der Waals surface area (Å²) < 4.78 is 16.7. The average Bonchev–Trinajstić information content (AvgIpc) is 2.72. The van der Waals surface area contributed by atoms with Crippen molar-refractivity contribution in [3.05, 3.63) is 0 Å². The van der Waals surface area contributed by atoms with Crippen molar-refractivity contribution < 1.29 is 30.3 Å². The van der Waals surface area contributed by atoms with Gasteiger partial charge in [-0.3, -0.25) is 4.90 Å². The Balaban J connectivity index is -0.000000500. The van der Waals surface area contributed by atoms with Crippen LogP contribution >= 0.6 is 36.2 Å². The molecule has 204 valence electrons. The van der Waals surface area contributed by atoms with Gasteiger partial charge in [0.1, 0.15) is 17.5 Å². The van der Waals surface area contributed by atoms with E-state index in [-0.39, 0.29) is 57.9 Å². The first kappa shape index (κ1) is 35.5. The summed E-state index contributed by atoms with van der Waals surface area (Å²) in [5.74, 6) is 0. The molecule has 11 heteroatoms. The number of carbonyl (C=O) groups excluding carboxylic acids is 3. The van der Waals surface area contributed by atoms with E-state index in [1.54, 1.807) is 4.90 Å². The van der Waals surface area contributed by atoms with Gasteiger partial charge >= 0.3 is 12.2 Å². The number of carbonyl (C=O) groups is 3. The van der Waals surface area contributed by atoms with E-state index in [0.29, 0.717) is 19.7 Å². The second kappa shape index (κ2) is 18.6. The third kappa shape index (κ3) is 15.3. The number of ether oxygens (including phenoxy) is 2. The Labute approximate surface area is 224 Å². The lowest BCUT2D eigenvalue weighted by molar-refractivity contribution is -0.113. The molecule has 0 radical (unpaired) electrons. The largest absolute Gasteiger partial charge is 0.444 e. The highest BCUT2D eigenvalue weighted by Gasteiger charge is 2.30. The molecule has 0 spiro atoms. The minimum atomic E-state index is -0.498. The minimum Gasteiger partial charge on any atom is -0.444 e. The van der Waals surface area contributed by atoms with Gasteiger partial charge in [-0.2, -0.15) is 27.0 Å². The molecule has 1 unspecified atom stereocenters. The zero-order valence-electron chi connectivity index (χ0n) is 22.8. The van der Waals surface area contributed by atoms with Crippen molar-refractivity contribution in [1.82, 2.24) is 9.80 Å². The molecule has 2 aliphatic rings. The summed E-state index contributed by atoms with van der Waals surface area (Å²) >= 11 is 0. The Bertz CT molecular complexity index is 606. The van der Waals surface area contributed by atoms with Gasteiger partial charge in [0, 0.05) is 14.5 Å². The van der Waals surface area contributed by atoms with Gasteiger partial charge in [0.15, 0.2) is 0 Å². The molecule has 0 aromatic carbocycles. The maximum atomic E-state index is 11.8. The second-order valence-corrected chi connectivity index (χ2v) is 9.88. The van der Waals surface area contributed by atoms with Gasteiger partial charge in [0.2, 0.25) is 0 Å². The standard InChI is InChI=1S/C11H21NO3.C11H19NO3.CH5P.2H2S/c2*1-11(2,3)15-10(14)12-7-5-4-6-9(12)8-13;1-2;;/h9,13H,4-8H2,1-3H3;8-9H,4-7H2,1-3H3;2H2,1H3;2*1H2/t2*9-;;;/m00.../s1/i;;1D;;. The summed E-state index contributed by atoms with van der Waals surface area (Å²) in [6.45, 7) is 12.8. The van der Waals surface area contributed by atoms with Gasteiger partial charge in [-0.15, -0.1) is 9.24 Å². The first-order valence-electron chi connectivity index (χ1n) is 12.0. The van der Waals surface area contributed by atoms with Crippen molar-refractivity contribution in [2.45, 2.75) is 103 Å². The van der Waals surface area contributed by atoms with Crippen LogP contribution in [0.5, 0.6) is 0 Å². The zero-order valence-corrected chi connectivity index (χ0v) is 24.9. The highest BCUT2D eigenvalue weighted by molar-refractivity contribution is 7.59. The van der Waals surface area contributed by atoms with E-state index in [0.717, 1.165) is 44.8 Å². The number of rotatable bonds is 2. The fourth-order valence-corrected chi connectivity index (χ4v) is 3.40. The molecule has 2 fully saturated rings. The Hall–Kier alpha value is -0.700. The lowest BCUT2D eigenvalue weighted by Gasteiger charge is -2.35. The van der Waals surface area contributed by atoms with Crippen molar-refractivity contribution in [2.24, 2.45) is 0 Å². The average molecular weight is 546 g/mol. The van der Waals surface area contributed by atoms with Crippen molar-refractivity contribution in [3.8, 4) is 0 Å². The topological polar surface area (TPSA) is 96.4 Å². The maximum absolute atomic E-state index is 11.8. The SMILES string of the molecule is CC(C)(C)OC(=O)N1CCCC[C@H]1C=O.CC(C)(C)OC(=O)N1CCCC[C@H]1CO.S.S.[2H]CP. The smallest absolute Gasteiger partial charge is 0.410 e. The molecule has 2 amide bonds. The van der Waals surface area contributed by atoms with Crippen LogP contribution in [0.25, 0.3) is 0 Å². The lowest BCUT2D eigenvalue weighted by atomic mass is 10.0. The number of aliphatic hydroxyl groups is 1. The lowest BCUT2D eigenvalue weighted by Crippen LogP contribution is -2.47. The van der Waals surface area contributed by atoms with Crippen LogP contribution in [0, 0.1) is 0 Å². The Morgan fingerprint density at radius 3 is 1.76 bits per heavy atom. The number of piperidine rings is 2. The van der Waals surface area contributed by atoms with Crippen molar-refractivity contribution >= 4 is 54.7 Å². The van der Waals surface area contributed by atoms with Gasteiger partial charge in [-0.1, -0.05) is 6.64 Å². The van der Waals surface area contributed by atoms with Crippen LogP contribution in [0.2, 0.25) is 0 Å². The van der Waals surface area contributed by atoms with Crippen molar-refractivity contribution in [1.29, 1.82) is 0 Å². The van der Waals surface area contributed by atoms with Gasteiger partial charge in [0.25, 0.3) is 0 Å². The highest BCUT2D eigenvalue weighted by atomic mass is 32.1. The van der Waals surface area contributed by atoms with E-state index in [2.05, 4.69) is 9.24 Å². The van der Waals surface area contributed by atoms with E-state index in [1.807, 2.05) is 41.5 Å². The third-order valence-corrected chi connectivity index (χ3v) is 4.80. The molecule has 2 heterocycles. The first-order valence-corrected chi connectivity index (χ1v) is 12.2. The van der Waals surface area contributed by atoms with Crippen LogP contribution in [0.3, 0.4) is 0 Å². The quantitative estimate of drug-likeness (QED) is 0.407. The molecule has 0 aliphatic carbocycles. The molecule has 1 N–H and O–H groups in total. The summed E-state index contributed by atoms with van der Waals surface area (Å²) in [7, 11) is 2.25. The highest BCUT2D eigenvalue weighted by Crippen LogP contribution is 2.20. The summed E-state index contributed by atoms with van der Waals surface area (Å²) in [5.41, 5.74) is -0.962. The fraction of sp³-hybridized carbons (Fsp3) is 0.870. The first-order chi connectivity index (χ1) is 15.3. The number of nitrogens with zero attached hydrogens (tertiary/aromatic N) is 2. The predicted octanol–water partition coefficient (Wildman–Crippen LogP) is 4.46. The second-order valence-electron chi connectivity index (χ2n) is 9.88. The van der Waals surface area contributed by atoms with E-state index in [9.17, 15) is 14.4 Å². The van der Waals surface area contributed by atoms with Gasteiger partial charge < -0.3 is 24.3 Å². The third-order valence-electron chi connectivity index (χ3n) is 4.80. The van der Waals surface area contributed by atoms with E-state index >= 15 is 0 Å². The molecule has 2 saturated heterocycles. The van der Waals surface area contributed by atoms with E-state index in [1.165, 1.54) is 4.90 Å². The van der Waals surface area contributed by atoms with Crippen molar-refractivity contribution in [2.75, 3.05) is 26.3 Å². The van der Waals surface area contributed by atoms with Gasteiger partial charge in [0.05, 0.1) is 18.7 Å². The fourth-order valence-electron chi connectivity index (χ4n) is 3.40. The molecule has 0 aromatic heterocycles. The normalized spacial score (nSPS) is 20.4. The minimum absolute atomic E-state index is 0. The Kier molecular flexibility index (Phi) is 19.3. The number of hydrogen-bond donors (Lipinski definition) is 1. The molecule has 2 rings (SSSR count). The molecular weight excluding hydrogens is 495 g/mol. The molecule has 2 aliphatic heterocycles. The molecule has 8 nitrogen and oxygen atoms in total. The molecule has 0 bridgehead atoms. The Morgan fingerprint density at radius 2 is 1.35 bits per heavy atom. The van der Waals surface area contributed by atoms with Crippen LogP contribution in [-0.2, 0) is 14.3 Å². The molecular formula is C23H49N2O6PS2. The molecule has 3 atom stereocenters. The molecule has 34 heavy (non-hydrogen) atoms. The van der Waals surface area contributed by atoms with Gasteiger partial charge in [-0.25, -0.2) is 9.59 Å². The summed E-state index contributed by atoms with van der Waals surface area (Å²) in [4.78, 5) is 37.5. The summed E-state index contributed by atoms with van der Waals surface area (Å²) in [5, 5.41) is 9.16. The monoisotopic (exact) mass is 545 g/mol. The molecule has 0 saturated carbocycles. The number of likely N-dealkylation sites (tertiary alicyclic amines) is 2. The van der Waals surface area contributed by atoms with Crippen LogP contribution in [0.15, 0.2) is 0 Å². The predicted molar refractivity (Wildman–Crippen MR) is 151 cm³/mol. The maximum Gasteiger partial charge on any atom is 0.410 e. The van der Waals surface area contributed by atoms with Crippen LogP contribution in [0.1, 0.15) is 81.4 Å². The number of aldehydes is 1. The Morgan fingerprint density at radius 1 is 0.941 bits per heavy atom. The molecule has 0 aromatic rings. The number of aliphatic hydroxyl groups excluding tert-OH is 1. The summed E-state index contributed by atoms with van der Waals surface area (Å²) in [6, 6.07) is -0.359.